The summed E-state index contributed by atoms with van der Waals surface area (Å²) in [5.74, 6) is 1.51. The summed E-state index contributed by atoms with van der Waals surface area (Å²) in [5, 5.41) is 3.09. The van der Waals surface area contributed by atoms with Crippen molar-refractivity contribution in [3.05, 3.63) is 23.8 Å². The first-order valence-electron chi connectivity index (χ1n) is 8.43. The van der Waals surface area contributed by atoms with Crippen molar-refractivity contribution in [2.75, 3.05) is 27.3 Å². The molecule has 0 saturated carbocycles. The molecule has 0 spiro atoms. The van der Waals surface area contributed by atoms with E-state index in [-0.39, 0.29) is 12.1 Å². The second-order valence-corrected chi connectivity index (χ2v) is 6.03. The lowest BCUT2D eigenvalue weighted by atomic mass is 10.1. The molecule has 1 heterocycles. The minimum absolute atomic E-state index is 0.00396. The molecule has 0 aliphatic carbocycles. The van der Waals surface area contributed by atoms with Gasteiger partial charge in [-0.1, -0.05) is 19.3 Å². The maximum atomic E-state index is 12.5. The number of methoxy groups -OCH3 is 2. The van der Waals surface area contributed by atoms with Crippen LogP contribution in [0.4, 0.5) is 4.79 Å². The Kier molecular flexibility index (Phi) is 6.56. The lowest BCUT2D eigenvalue weighted by Crippen LogP contribution is -2.42. The van der Waals surface area contributed by atoms with Crippen LogP contribution < -0.4 is 14.8 Å². The summed E-state index contributed by atoms with van der Waals surface area (Å²) < 4.78 is 10.7. The van der Waals surface area contributed by atoms with Crippen molar-refractivity contribution in [1.29, 1.82) is 0 Å². The van der Waals surface area contributed by atoms with Gasteiger partial charge in [0.1, 0.15) is 11.5 Å². The quantitative estimate of drug-likeness (QED) is 0.919. The predicted molar refractivity (Wildman–Crippen MR) is 91.2 cm³/mol. The Labute approximate surface area is 139 Å². The zero-order valence-electron chi connectivity index (χ0n) is 14.4. The van der Waals surface area contributed by atoms with Gasteiger partial charge in [-0.15, -0.1) is 0 Å². The molecule has 2 rings (SSSR count). The average molecular weight is 320 g/mol. The van der Waals surface area contributed by atoms with Crippen LogP contribution in [0.25, 0.3) is 0 Å². The maximum Gasteiger partial charge on any atom is 0.317 e. The molecule has 1 aliphatic heterocycles. The summed E-state index contributed by atoms with van der Waals surface area (Å²) in [6, 6.07) is 5.50. The largest absolute Gasteiger partial charge is 0.497 e. The molecule has 1 aliphatic rings. The van der Waals surface area contributed by atoms with Crippen molar-refractivity contribution in [2.24, 2.45) is 0 Å². The first-order chi connectivity index (χ1) is 11.2. The van der Waals surface area contributed by atoms with Crippen LogP contribution in [0.2, 0.25) is 0 Å². The molecular weight excluding hydrogens is 292 g/mol. The number of rotatable bonds is 4. The van der Waals surface area contributed by atoms with E-state index in [9.17, 15) is 4.79 Å². The minimum Gasteiger partial charge on any atom is -0.497 e. The van der Waals surface area contributed by atoms with E-state index in [0.29, 0.717) is 0 Å². The topological polar surface area (TPSA) is 50.8 Å². The van der Waals surface area contributed by atoms with Crippen LogP contribution in [0.5, 0.6) is 11.5 Å². The summed E-state index contributed by atoms with van der Waals surface area (Å²) in [7, 11) is 3.27. The van der Waals surface area contributed by atoms with Gasteiger partial charge in [0.15, 0.2) is 0 Å². The van der Waals surface area contributed by atoms with Gasteiger partial charge in [0, 0.05) is 18.7 Å². The first-order valence-corrected chi connectivity index (χ1v) is 8.43. The van der Waals surface area contributed by atoms with E-state index >= 15 is 0 Å². The standard InChI is InChI=1S/C18H28N2O3/c1-14(16-13-15(22-2)9-10-17(16)23-3)19-18(21)20-11-7-5-4-6-8-12-20/h9-10,13-14H,4-8,11-12H2,1-3H3,(H,19,21). The zero-order valence-corrected chi connectivity index (χ0v) is 14.4. The molecule has 2 amide bonds. The molecule has 0 radical (unpaired) electrons. The Morgan fingerprint density at radius 2 is 1.74 bits per heavy atom. The number of carbonyl (C=O) groups is 1. The number of hydrogen-bond acceptors (Lipinski definition) is 3. The molecule has 0 aromatic heterocycles. The molecule has 5 heteroatoms. The normalized spacial score (nSPS) is 16.9. The maximum absolute atomic E-state index is 12.5. The monoisotopic (exact) mass is 320 g/mol. The number of ether oxygens (including phenoxy) is 2. The summed E-state index contributed by atoms with van der Waals surface area (Å²) in [4.78, 5) is 14.5. The molecule has 0 bridgehead atoms. The van der Waals surface area contributed by atoms with Crippen molar-refractivity contribution in [3.8, 4) is 11.5 Å². The molecule has 1 N–H and O–H groups in total. The van der Waals surface area contributed by atoms with Crippen molar-refractivity contribution < 1.29 is 14.3 Å². The van der Waals surface area contributed by atoms with Crippen molar-refractivity contribution >= 4 is 6.03 Å². The first kappa shape index (κ1) is 17.4. The molecule has 1 unspecified atom stereocenters. The lowest BCUT2D eigenvalue weighted by Gasteiger charge is -2.27. The highest BCUT2D eigenvalue weighted by molar-refractivity contribution is 5.74. The van der Waals surface area contributed by atoms with Crippen LogP contribution >= 0.6 is 0 Å². The smallest absolute Gasteiger partial charge is 0.317 e. The van der Waals surface area contributed by atoms with Crippen LogP contribution in [0.3, 0.4) is 0 Å². The Balaban J connectivity index is 2.05. The van der Waals surface area contributed by atoms with Gasteiger partial charge in [0.05, 0.1) is 20.3 Å². The molecule has 1 atom stereocenters. The number of urea groups is 1. The van der Waals surface area contributed by atoms with Gasteiger partial charge < -0.3 is 19.7 Å². The second-order valence-electron chi connectivity index (χ2n) is 6.03. The second kappa shape index (κ2) is 8.65. The van der Waals surface area contributed by atoms with Gasteiger partial charge >= 0.3 is 6.03 Å². The van der Waals surface area contributed by atoms with Gasteiger partial charge in [-0.05, 0) is 38.0 Å². The SMILES string of the molecule is COc1ccc(OC)c(C(C)NC(=O)N2CCCCCCC2)c1. The third kappa shape index (κ3) is 4.78. The van der Waals surface area contributed by atoms with Crippen LogP contribution in [0.1, 0.15) is 50.6 Å². The van der Waals surface area contributed by atoms with Gasteiger partial charge in [0.25, 0.3) is 0 Å². The number of amides is 2. The minimum atomic E-state index is -0.141. The highest BCUT2D eigenvalue weighted by Crippen LogP contribution is 2.29. The third-order valence-electron chi connectivity index (χ3n) is 4.39. The summed E-state index contributed by atoms with van der Waals surface area (Å²) in [5.41, 5.74) is 0.923. The number of benzene rings is 1. The van der Waals surface area contributed by atoms with E-state index in [4.69, 9.17) is 9.47 Å². The summed E-state index contributed by atoms with van der Waals surface area (Å²) in [6.07, 6.45) is 5.88. The molecule has 1 aromatic carbocycles. The number of carbonyl (C=O) groups excluding carboxylic acids is 1. The number of hydrogen-bond donors (Lipinski definition) is 1. The van der Waals surface area contributed by atoms with Crippen LogP contribution in [0, 0.1) is 0 Å². The molecule has 128 valence electrons. The van der Waals surface area contributed by atoms with E-state index < -0.39 is 0 Å². The van der Waals surface area contributed by atoms with E-state index in [1.807, 2.05) is 30.0 Å². The lowest BCUT2D eigenvalue weighted by molar-refractivity contribution is 0.189. The average Bonchev–Trinajstić information content (AvgIpc) is 2.53. The van der Waals surface area contributed by atoms with E-state index in [1.54, 1.807) is 14.2 Å². The van der Waals surface area contributed by atoms with Gasteiger partial charge in [-0.3, -0.25) is 0 Å². The van der Waals surface area contributed by atoms with Gasteiger partial charge in [0.2, 0.25) is 0 Å². The van der Waals surface area contributed by atoms with Crippen molar-refractivity contribution in [3.63, 3.8) is 0 Å². The highest BCUT2D eigenvalue weighted by atomic mass is 16.5. The number of nitrogens with zero attached hydrogens (tertiary/aromatic N) is 1. The predicted octanol–water partition coefficient (Wildman–Crippen LogP) is 3.74. The Morgan fingerprint density at radius 1 is 1.09 bits per heavy atom. The number of nitrogens with one attached hydrogen (secondary N) is 1. The summed E-state index contributed by atoms with van der Waals surface area (Å²) in [6.45, 7) is 3.65. The van der Waals surface area contributed by atoms with Gasteiger partial charge in [-0.25, -0.2) is 4.79 Å². The Morgan fingerprint density at radius 3 is 2.35 bits per heavy atom. The molecule has 1 saturated heterocycles. The fourth-order valence-corrected chi connectivity index (χ4v) is 2.98. The summed E-state index contributed by atoms with van der Waals surface area (Å²) >= 11 is 0. The molecule has 5 nitrogen and oxygen atoms in total. The number of likely N-dealkylation sites (tertiary alicyclic amines) is 1. The van der Waals surface area contributed by atoms with Gasteiger partial charge in [-0.2, -0.15) is 0 Å². The van der Waals surface area contributed by atoms with Crippen LogP contribution in [-0.2, 0) is 0 Å². The van der Waals surface area contributed by atoms with E-state index in [1.165, 1.54) is 19.3 Å². The zero-order chi connectivity index (χ0) is 16.7. The van der Waals surface area contributed by atoms with Crippen LogP contribution in [0.15, 0.2) is 18.2 Å². The molecular formula is C18H28N2O3. The molecule has 1 aromatic rings. The Bertz CT molecular complexity index is 511. The van der Waals surface area contributed by atoms with Crippen LogP contribution in [-0.4, -0.2) is 38.2 Å². The molecule has 23 heavy (non-hydrogen) atoms. The highest BCUT2D eigenvalue weighted by Gasteiger charge is 2.19. The third-order valence-corrected chi connectivity index (χ3v) is 4.39. The van der Waals surface area contributed by atoms with Crippen molar-refractivity contribution in [2.45, 2.75) is 45.1 Å². The Hall–Kier alpha value is -1.91. The van der Waals surface area contributed by atoms with E-state index in [2.05, 4.69) is 5.32 Å². The van der Waals surface area contributed by atoms with E-state index in [0.717, 1.165) is 43.0 Å². The molecule has 1 fully saturated rings. The fourth-order valence-electron chi connectivity index (χ4n) is 2.98. The fraction of sp³-hybridized carbons (Fsp3) is 0.611. The van der Waals surface area contributed by atoms with Crippen molar-refractivity contribution in [1.82, 2.24) is 10.2 Å².